The molecule has 0 aromatic heterocycles. The number of hydrogen-bond donors (Lipinski definition) is 2. The highest BCUT2D eigenvalue weighted by molar-refractivity contribution is 6.31. The largest absolute Gasteiger partial charge is 0.389 e. The number of hydrogen-bond acceptors (Lipinski definition) is 2. The van der Waals surface area contributed by atoms with Crippen LogP contribution in [0.15, 0.2) is 42.5 Å². The maximum Gasteiger partial charge on any atom is 0.255 e. The lowest BCUT2D eigenvalue weighted by molar-refractivity contribution is 0.102. The second-order valence-corrected chi connectivity index (χ2v) is 5.09. The van der Waals surface area contributed by atoms with Gasteiger partial charge in [-0.05, 0) is 37.6 Å². The number of rotatable bonds is 3. The van der Waals surface area contributed by atoms with Crippen LogP contribution in [0.2, 0.25) is 5.02 Å². The average Bonchev–Trinajstić information content (AvgIpc) is 2.42. The predicted molar refractivity (Wildman–Crippen MR) is 81.2 cm³/mol. The quantitative estimate of drug-likeness (QED) is 0.899. The molecule has 3 nitrogen and oxygen atoms in total. The summed E-state index contributed by atoms with van der Waals surface area (Å²) >= 11 is 6.02. The molecule has 0 radical (unpaired) electrons. The Labute approximate surface area is 123 Å². The number of aliphatic hydroxyl groups excluding tert-OH is 1. The Morgan fingerprint density at radius 2 is 1.95 bits per heavy atom. The van der Waals surface area contributed by atoms with Crippen molar-refractivity contribution in [3.63, 3.8) is 0 Å². The summed E-state index contributed by atoms with van der Waals surface area (Å²) in [5.41, 5.74) is 2.69. The van der Waals surface area contributed by atoms with Crippen LogP contribution in [0, 0.1) is 6.92 Å². The fourth-order valence-corrected chi connectivity index (χ4v) is 2.08. The molecule has 20 heavy (non-hydrogen) atoms. The zero-order chi connectivity index (χ0) is 14.7. The third-order valence-electron chi connectivity index (χ3n) is 3.09. The Morgan fingerprint density at radius 3 is 2.60 bits per heavy atom. The van der Waals surface area contributed by atoms with Crippen molar-refractivity contribution in [3.05, 3.63) is 64.2 Å². The van der Waals surface area contributed by atoms with Crippen molar-refractivity contribution in [2.24, 2.45) is 0 Å². The first-order valence-electron chi connectivity index (χ1n) is 6.33. The van der Waals surface area contributed by atoms with Gasteiger partial charge in [0.05, 0.1) is 6.10 Å². The van der Waals surface area contributed by atoms with Gasteiger partial charge < -0.3 is 10.4 Å². The smallest absolute Gasteiger partial charge is 0.255 e. The molecule has 2 rings (SSSR count). The predicted octanol–water partition coefficient (Wildman–Crippen LogP) is 3.95. The minimum absolute atomic E-state index is 0.250. The highest BCUT2D eigenvalue weighted by atomic mass is 35.5. The molecule has 104 valence electrons. The van der Waals surface area contributed by atoms with E-state index in [9.17, 15) is 9.90 Å². The van der Waals surface area contributed by atoms with Gasteiger partial charge in [-0.2, -0.15) is 0 Å². The molecular formula is C16H16ClNO2. The SMILES string of the molecule is Cc1ccc(C(=O)Nc2ccccc2C(C)O)cc1Cl. The van der Waals surface area contributed by atoms with Gasteiger partial charge in [0.25, 0.3) is 5.91 Å². The molecule has 1 atom stereocenters. The van der Waals surface area contributed by atoms with E-state index in [0.717, 1.165) is 5.56 Å². The number of nitrogens with one attached hydrogen (secondary N) is 1. The Bertz CT molecular complexity index is 638. The van der Waals surface area contributed by atoms with E-state index in [4.69, 9.17) is 11.6 Å². The number of aliphatic hydroxyl groups is 1. The lowest BCUT2D eigenvalue weighted by Crippen LogP contribution is -2.14. The fourth-order valence-electron chi connectivity index (χ4n) is 1.90. The van der Waals surface area contributed by atoms with Gasteiger partial charge in [0.15, 0.2) is 0 Å². The summed E-state index contributed by atoms with van der Waals surface area (Å²) in [6.45, 7) is 3.54. The molecule has 2 aromatic rings. The van der Waals surface area contributed by atoms with Crippen LogP contribution in [0.4, 0.5) is 5.69 Å². The second kappa shape index (κ2) is 6.07. The third-order valence-corrected chi connectivity index (χ3v) is 3.50. The number of aryl methyl sites for hydroxylation is 1. The molecule has 0 aliphatic heterocycles. The molecular weight excluding hydrogens is 274 g/mol. The molecule has 0 aliphatic carbocycles. The lowest BCUT2D eigenvalue weighted by atomic mass is 10.1. The standard InChI is InChI=1S/C16H16ClNO2/c1-10-7-8-12(9-14(10)17)16(20)18-15-6-4-3-5-13(15)11(2)19/h3-9,11,19H,1-2H3,(H,18,20). The lowest BCUT2D eigenvalue weighted by Gasteiger charge is -2.13. The van der Waals surface area contributed by atoms with Gasteiger partial charge in [0, 0.05) is 21.8 Å². The van der Waals surface area contributed by atoms with E-state index in [0.29, 0.717) is 21.8 Å². The van der Waals surface area contributed by atoms with Crippen molar-refractivity contribution < 1.29 is 9.90 Å². The Morgan fingerprint density at radius 1 is 1.25 bits per heavy atom. The highest BCUT2D eigenvalue weighted by Gasteiger charge is 2.12. The topological polar surface area (TPSA) is 49.3 Å². The number of para-hydroxylation sites is 1. The maximum absolute atomic E-state index is 12.2. The monoisotopic (exact) mass is 289 g/mol. The van der Waals surface area contributed by atoms with E-state index < -0.39 is 6.10 Å². The minimum Gasteiger partial charge on any atom is -0.389 e. The normalized spacial score (nSPS) is 12.0. The maximum atomic E-state index is 12.2. The van der Waals surface area contributed by atoms with Gasteiger partial charge in [-0.25, -0.2) is 0 Å². The molecule has 0 bridgehead atoms. The third kappa shape index (κ3) is 3.18. The Balaban J connectivity index is 2.26. The zero-order valence-corrected chi connectivity index (χ0v) is 12.1. The van der Waals surface area contributed by atoms with Gasteiger partial charge in [-0.1, -0.05) is 35.9 Å². The van der Waals surface area contributed by atoms with Crippen LogP contribution in [0.5, 0.6) is 0 Å². The van der Waals surface area contributed by atoms with Crippen molar-refractivity contribution in [3.8, 4) is 0 Å². The molecule has 0 spiro atoms. The van der Waals surface area contributed by atoms with Crippen LogP contribution in [-0.2, 0) is 0 Å². The van der Waals surface area contributed by atoms with Crippen LogP contribution in [0.3, 0.4) is 0 Å². The molecule has 0 saturated carbocycles. The zero-order valence-electron chi connectivity index (χ0n) is 11.4. The number of halogens is 1. The van der Waals surface area contributed by atoms with Gasteiger partial charge in [-0.3, -0.25) is 4.79 Å². The van der Waals surface area contributed by atoms with E-state index in [-0.39, 0.29) is 5.91 Å². The fraction of sp³-hybridized carbons (Fsp3) is 0.188. The van der Waals surface area contributed by atoms with Crippen LogP contribution >= 0.6 is 11.6 Å². The van der Waals surface area contributed by atoms with Gasteiger partial charge >= 0.3 is 0 Å². The molecule has 4 heteroatoms. The Hall–Kier alpha value is -1.84. The van der Waals surface area contributed by atoms with Crippen LogP contribution in [0.1, 0.15) is 34.5 Å². The van der Waals surface area contributed by atoms with E-state index >= 15 is 0 Å². The van der Waals surface area contributed by atoms with Crippen molar-refractivity contribution in [1.82, 2.24) is 0 Å². The van der Waals surface area contributed by atoms with Gasteiger partial charge in [0.2, 0.25) is 0 Å². The minimum atomic E-state index is -0.645. The van der Waals surface area contributed by atoms with Crippen molar-refractivity contribution >= 4 is 23.2 Å². The molecule has 0 heterocycles. The van der Waals surface area contributed by atoms with Crippen LogP contribution < -0.4 is 5.32 Å². The number of benzene rings is 2. The van der Waals surface area contributed by atoms with Gasteiger partial charge in [0.1, 0.15) is 0 Å². The summed E-state index contributed by atoms with van der Waals surface area (Å²) < 4.78 is 0. The molecule has 1 unspecified atom stereocenters. The first-order valence-corrected chi connectivity index (χ1v) is 6.71. The average molecular weight is 290 g/mol. The number of carbonyl (C=O) groups excluding carboxylic acids is 1. The summed E-state index contributed by atoms with van der Waals surface area (Å²) in [4.78, 5) is 12.2. The first-order chi connectivity index (χ1) is 9.49. The summed E-state index contributed by atoms with van der Waals surface area (Å²) in [5, 5.41) is 13.1. The molecule has 2 N–H and O–H groups in total. The summed E-state index contributed by atoms with van der Waals surface area (Å²) in [5.74, 6) is -0.250. The van der Waals surface area contributed by atoms with E-state index in [1.165, 1.54) is 0 Å². The second-order valence-electron chi connectivity index (χ2n) is 4.68. The summed E-state index contributed by atoms with van der Waals surface area (Å²) in [6.07, 6.45) is -0.645. The van der Waals surface area contributed by atoms with E-state index in [1.807, 2.05) is 19.1 Å². The van der Waals surface area contributed by atoms with Crippen LogP contribution in [-0.4, -0.2) is 11.0 Å². The number of amides is 1. The van der Waals surface area contributed by atoms with Crippen molar-refractivity contribution in [2.75, 3.05) is 5.32 Å². The molecule has 1 amide bonds. The van der Waals surface area contributed by atoms with Gasteiger partial charge in [-0.15, -0.1) is 0 Å². The van der Waals surface area contributed by atoms with E-state index in [1.54, 1.807) is 37.3 Å². The number of anilines is 1. The van der Waals surface area contributed by atoms with Crippen molar-refractivity contribution in [2.45, 2.75) is 20.0 Å². The van der Waals surface area contributed by atoms with Crippen molar-refractivity contribution in [1.29, 1.82) is 0 Å². The summed E-state index contributed by atoms with van der Waals surface area (Å²) in [7, 11) is 0. The molecule has 0 fully saturated rings. The number of carbonyl (C=O) groups is 1. The highest BCUT2D eigenvalue weighted by Crippen LogP contribution is 2.23. The molecule has 2 aromatic carbocycles. The Kier molecular flexibility index (Phi) is 4.42. The van der Waals surface area contributed by atoms with E-state index in [2.05, 4.69) is 5.32 Å². The molecule has 0 saturated heterocycles. The molecule has 0 aliphatic rings. The first kappa shape index (κ1) is 14.6. The summed E-state index contributed by atoms with van der Waals surface area (Å²) in [6, 6.07) is 12.3. The van der Waals surface area contributed by atoms with Crippen LogP contribution in [0.25, 0.3) is 0 Å².